The molecule has 2 aliphatic carbocycles. The van der Waals surface area contributed by atoms with Gasteiger partial charge in [-0.2, -0.15) is 0 Å². The van der Waals surface area contributed by atoms with Crippen LogP contribution in [0.3, 0.4) is 0 Å². The van der Waals surface area contributed by atoms with Crippen molar-refractivity contribution in [1.29, 1.82) is 0 Å². The molecule has 0 aliphatic heterocycles. The average molecular weight is 992 g/mol. The minimum Gasteiger partial charge on any atom is -0.489 e. The molecular weight excluding hydrogens is 931 g/mol. The fourth-order valence-electron chi connectivity index (χ4n) is 13.0. The molecule has 0 heterocycles. The van der Waals surface area contributed by atoms with Crippen molar-refractivity contribution in [3.63, 3.8) is 0 Å². The highest BCUT2D eigenvalue weighted by molar-refractivity contribution is 5.92. The summed E-state index contributed by atoms with van der Waals surface area (Å²) in [6, 6.07) is 99.5. The van der Waals surface area contributed by atoms with Crippen molar-refractivity contribution in [2.24, 2.45) is 0 Å². The maximum atomic E-state index is 6.55. The SMILES string of the molecule is CCC(C)c1ccc(COc2ccc(C3(c4cc(C)cc(C)c4)c4ccccc4-c4ccc(N(c5ccc(-c6ccccc6)cc5)c5ccc6c(c5)C(c5ccccc5)(c5ccccc5)c5ccccc5-6)cc43)cc2)cc1. The highest BCUT2D eigenvalue weighted by Gasteiger charge is 2.48. The summed E-state index contributed by atoms with van der Waals surface area (Å²) in [6.07, 6.45) is 1.12. The van der Waals surface area contributed by atoms with Crippen LogP contribution in [0.25, 0.3) is 33.4 Å². The number of rotatable bonds is 13. The minimum absolute atomic E-state index is 0.506. The van der Waals surface area contributed by atoms with Gasteiger partial charge in [-0.3, -0.25) is 0 Å². The molecule has 0 N–H and O–H groups in total. The number of nitrogens with zero attached hydrogens (tertiary/aromatic N) is 1. The van der Waals surface area contributed by atoms with Crippen molar-refractivity contribution in [2.75, 3.05) is 4.90 Å². The largest absolute Gasteiger partial charge is 0.489 e. The highest BCUT2D eigenvalue weighted by atomic mass is 16.5. The van der Waals surface area contributed by atoms with Crippen LogP contribution in [0.5, 0.6) is 5.75 Å². The molecule has 0 aromatic heterocycles. The highest BCUT2D eigenvalue weighted by Crippen LogP contribution is 2.60. The molecule has 0 saturated heterocycles. The molecule has 13 rings (SSSR count). The summed E-state index contributed by atoms with van der Waals surface area (Å²) in [5, 5.41) is 0. The number of hydrogen-bond donors (Lipinski definition) is 0. The van der Waals surface area contributed by atoms with E-state index in [1.807, 2.05) is 0 Å². The third-order valence-corrected chi connectivity index (χ3v) is 16.7. The lowest BCUT2D eigenvalue weighted by Gasteiger charge is -2.36. The molecule has 0 radical (unpaired) electrons. The molecule has 0 spiro atoms. The number of ether oxygens (including phenoxy) is 1. The van der Waals surface area contributed by atoms with E-state index in [0.29, 0.717) is 12.5 Å². The van der Waals surface area contributed by atoms with Gasteiger partial charge in [0.1, 0.15) is 12.4 Å². The predicted octanol–water partition coefficient (Wildman–Crippen LogP) is 19.3. The lowest BCUT2D eigenvalue weighted by atomic mass is 9.67. The standard InChI is InChI=1S/C75H61NO/c1-5-53(4)55-31-29-54(30-32-55)50-77-65-41-35-60(36-42-65)75(61-46-51(2)45-52(3)47-61)71-28-18-16-26-67(71)69-44-40-64(49-73(69)75)76(62-37-33-57(34-38-62)56-19-9-6-10-20-56)63-39-43-68-66-25-15-17-27-70(66)74(72(68)48-63,58-21-11-7-12-22-58)59-23-13-8-14-24-59/h6-49,53H,5,50H2,1-4H3. The molecule has 2 unspecified atom stereocenters. The summed E-state index contributed by atoms with van der Waals surface area (Å²) in [5.41, 5.74) is 24.4. The molecule has 0 saturated carbocycles. The second-order valence-corrected chi connectivity index (χ2v) is 21.3. The first-order valence-corrected chi connectivity index (χ1v) is 27.3. The lowest BCUT2D eigenvalue weighted by molar-refractivity contribution is 0.306. The third kappa shape index (κ3) is 8.01. The number of aryl methyl sites for hydroxylation is 2. The number of fused-ring (bicyclic) bond motifs is 6. The van der Waals surface area contributed by atoms with Crippen LogP contribution >= 0.6 is 0 Å². The Bertz CT molecular complexity index is 3860. The van der Waals surface area contributed by atoms with E-state index in [4.69, 9.17) is 4.74 Å². The summed E-state index contributed by atoms with van der Waals surface area (Å²) in [7, 11) is 0. The third-order valence-electron chi connectivity index (χ3n) is 16.7. The zero-order chi connectivity index (χ0) is 52.1. The summed E-state index contributed by atoms with van der Waals surface area (Å²) >= 11 is 0. The van der Waals surface area contributed by atoms with Gasteiger partial charge in [-0.05, 0) is 164 Å². The summed E-state index contributed by atoms with van der Waals surface area (Å²) in [5.74, 6) is 1.39. The van der Waals surface area contributed by atoms with Gasteiger partial charge in [0.25, 0.3) is 0 Å². The van der Waals surface area contributed by atoms with E-state index in [2.05, 4.69) is 300 Å². The molecular formula is C75H61NO. The molecule has 0 fully saturated rings. The van der Waals surface area contributed by atoms with E-state index in [0.717, 1.165) is 34.8 Å². The molecule has 11 aromatic rings. The maximum Gasteiger partial charge on any atom is 0.119 e. The van der Waals surface area contributed by atoms with Gasteiger partial charge in [-0.15, -0.1) is 0 Å². The van der Waals surface area contributed by atoms with Gasteiger partial charge < -0.3 is 9.64 Å². The van der Waals surface area contributed by atoms with E-state index in [1.165, 1.54) is 94.6 Å². The van der Waals surface area contributed by atoms with Crippen molar-refractivity contribution in [3.8, 4) is 39.1 Å². The number of hydrogen-bond acceptors (Lipinski definition) is 2. The quantitative estimate of drug-likeness (QED) is 0.114. The number of benzene rings is 11. The van der Waals surface area contributed by atoms with Crippen LogP contribution in [-0.2, 0) is 17.4 Å². The molecule has 2 atom stereocenters. The molecule has 77 heavy (non-hydrogen) atoms. The topological polar surface area (TPSA) is 12.5 Å². The van der Waals surface area contributed by atoms with Gasteiger partial charge in [0, 0.05) is 17.1 Å². The zero-order valence-corrected chi connectivity index (χ0v) is 44.3. The Morgan fingerprint density at radius 2 is 0.818 bits per heavy atom. The first-order chi connectivity index (χ1) is 37.8. The van der Waals surface area contributed by atoms with Gasteiger partial charge in [0.15, 0.2) is 0 Å². The van der Waals surface area contributed by atoms with Crippen molar-refractivity contribution < 1.29 is 4.74 Å². The average Bonchev–Trinajstić information content (AvgIpc) is 4.02. The van der Waals surface area contributed by atoms with Crippen LogP contribution in [0.2, 0.25) is 0 Å². The Kier molecular flexibility index (Phi) is 12.2. The van der Waals surface area contributed by atoms with Gasteiger partial charge in [-0.1, -0.05) is 243 Å². The Morgan fingerprint density at radius 3 is 1.35 bits per heavy atom. The van der Waals surface area contributed by atoms with E-state index >= 15 is 0 Å². The smallest absolute Gasteiger partial charge is 0.119 e. The van der Waals surface area contributed by atoms with Crippen molar-refractivity contribution >= 4 is 17.1 Å². The number of anilines is 3. The molecule has 0 bridgehead atoms. The van der Waals surface area contributed by atoms with Crippen LogP contribution in [-0.4, -0.2) is 0 Å². The van der Waals surface area contributed by atoms with E-state index in [9.17, 15) is 0 Å². The maximum absolute atomic E-state index is 6.55. The van der Waals surface area contributed by atoms with Crippen LogP contribution in [0.4, 0.5) is 17.1 Å². The Morgan fingerprint density at radius 1 is 0.377 bits per heavy atom. The Labute approximate surface area is 454 Å². The molecule has 0 amide bonds. The molecule has 2 nitrogen and oxygen atoms in total. The molecule has 2 aliphatic rings. The second kappa shape index (κ2) is 19.6. The molecule has 2 heteroatoms. The Balaban J connectivity index is 1.01. The van der Waals surface area contributed by atoms with Gasteiger partial charge >= 0.3 is 0 Å². The fraction of sp³-hybridized carbons (Fsp3) is 0.120. The van der Waals surface area contributed by atoms with Crippen molar-refractivity contribution in [1.82, 2.24) is 0 Å². The molecule has 11 aromatic carbocycles. The van der Waals surface area contributed by atoms with Crippen LogP contribution in [0.1, 0.15) is 92.9 Å². The Hall–Kier alpha value is -8.98. The summed E-state index contributed by atoms with van der Waals surface area (Å²) < 4.78 is 6.55. The van der Waals surface area contributed by atoms with Gasteiger partial charge in [0.2, 0.25) is 0 Å². The van der Waals surface area contributed by atoms with E-state index < -0.39 is 10.8 Å². The predicted molar refractivity (Wildman–Crippen MR) is 320 cm³/mol. The first kappa shape index (κ1) is 47.7. The summed E-state index contributed by atoms with van der Waals surface area (Å²) in [6.45, 7) is 9.50. The second-order valence-electron chi connectivity index (χ2n) is 21.3. The van der Waals surface area contributed by atoms with E-state index in [-0.39, 0.29) is 0 Å². The van der Waals surface area contributed by atoms with Crippen molar-refractivity contribution in [3.05, 3.63) is 334 Å². The monoisotopic (exact) mass is 991 g/mol. The normalized spacial score (nSPS) is 15.0. The van der Waals surface area contributed by atoms with Crippen LogP contribution in [0, 0.1) is 13.8 Å². The van der Waals surface area contributed by atoms with Gasteiger partial charge in [-0.25, -0.2) is 0 Å². The molecule has 372 valence electrons. The summed E-state index contributed by atoms with van der Waals surface area (Å²) in [4.78, 5) is 2.49. The zero-order valence-electron chi connectivity index (χ0n) is 44.3. The lowest BCUT2D eigenvalue weighted by Crippen LogP contribution is -2.29. The van der Waals surface area contributed by atoms with Crippen molar-refractivity contribution in [2.45, 2.75) is 57.5 Å². The minimum atomic E-state index is -0.652. The fourth-order valence-corrected chi connectivity index (χ4v) is 13.0. The van der Waals surface area contributed by atoms with Crippen LogP contribution in [0.15, 0.2) is 267 Å². The van der Waals surface area contributed by atoms with Crippen LogP contribution < -0.4 is 9.64 Å². The van der Waals surface area contributed by atoms with Gasteiger partial charge in [0.05, 0.1) is 10.8 Å². The van der Waals surface area contributed by atoms with E-state index in [1.54, 1.807) is 0 Å². The first-order valence-electron chi connectivity index (χ1n) is 27.3.